The summed E-state index contributed by atoms with van der Waals surface area (Å²) in [5.74, 6) is -0.478. The molecule has 12 heteroatoms. The fourth-order valence-corrected chi connectivity index (χ4v) is 4.10. The minimum absolute atomic E-state index is 0.202. The molecule has 0 saturated carbocycles. The quantitative estimate of drug-likeness (QED) is 0.683. The van der Waals surface area contributed by atoms with Gasteiger partial charge in [0.25, 0.3) is 0 Å². The van der Waals surface area contributed by atoms with Gasteiger partial charge in [-0.2, -0.15) is 17.5 Å². The van der Waals surface area contributed by atoms with Gasteiger partial charge in [0.1, 0.15) is 10.6 Å². The first-order valence-corrected chi connectivity index (χ1v) is 10.0. The molecule has 2 aromatic rings. The molecule has 1 amide bonds. The molecule has 0 saturated heterocycles. The van der Waals surface area contributed by atoms with Gasteiger partial charge in [-0.3, -0.25) is 4.79 Å². The number of amides is 1. The molecule has 0 spiro atoms. The molecule has 2 rings (SSSR count). The maximum atomic E-state index is 12.9. The molecule has 0 aromatic heterocycles. The summed E-state index contributed by atoms with van der Waals surface area (Å²) < 4.78 is 69.7. The summed E-state index contributed by atoms with van der Waals surface area (Å²) in [4.78, 5) is 11.5. The number of methoxy groups -OCH3 is 1. The van der Waals surface area contributed by atoms with Crippen molar-refractivity contribution in [3.8, 4) is 5.75 Å². The van der Waals surface area contributed by atoms with Crippen molar-refractivity contribution in [2.24, 2.45) is 0 Å². The Labute approximate surface area is 175 Å². The third-order valence-electron chi connectivity index (χ3n) is 3.75. The van der Waals surface area contributed by atoms with Crippen molar-refractivity contribution < 1.29 is 31.1 Å². The molecule has 0 unspecified atom stereocenters. The highest BCUT2D eigenvalue weighted by molar-refractivity contribution is 7.89. The summed E-state index contributed by atoms with van der Waals surface area (Å²) in [6, 6.07) is 6.35. The van der Waals surface area contributed by atoms with E-state index in [1.807, 2.05) is 0 Å². The third-order valence-corrected chi connectivity index (χ3v) is 6.27. The van der Waals surface area contributed by atoms with Gasteiger partial charge in [-0.1, -0.05) is 23.2 Å². The van der Waals surface area contributed by atoms with Gasteiger partial charge in [0.2, 0.25) is 15.9 Å². The first-order chi connectivity index (χ1) is 13.4. The molecule has 0 bridgehead atoms. The van der Waals surface area contributed by atoms with Crippen LogP contribution in [0.15, 0.2) is 41.3 Å². The Balaban J connectivity index is 2.25. The average molecular weight is 471 g/mol. The van der Waals surface area contributed by atoms with Crippen molar-refractivity contribution in [2.45, 2.75) is 11.1 Å². The summed E-state index contributed by atoms with van der Waals surface area (Å²) in [6.07, 6.45) is -4.76. The number of nitrogens with one attached hydrogen (secondary N) is 1. The van der Waals surface area contributed by atoms with Gasteiger partial charge >= 0.3 is 6.18 Å². The fraction of sp³-hybridized carbons (Fsp3) is 0.235. The van der Waals surface area contributed by atoms with Crippen molar-refractivity contribution in [1.29, 1.82) is 0 Å². The second-order valence-corrected chi connectivity index (χ2v) is 8.65. The van der Waals surface area contributed by atoms with E-state index in [2.05, 4.69) is 5.32 Å². The Bertz CT molecular complexity index is 1030. The van der Waals surface area contributed by atoms with E-state index in [1.165, 1.54) is 25.3 Å². The Morgan fingerprint density at radius 2 is 1.83 bits per heavy atom. The number of nitrogens with zero attached hydrogens (tertiary/aromatic N) is 1. The van der Waals surface area contributed by atoms with Crippen LogP contribution in [-0.4, -0.2) is 39.3 Å². The zero-order chi connectivity index (χ0) is 22.0. The molecule has 158 valence electrons. The second-order valence-electron chi connectivity index (χ2n) is 5.80. The number of anilines is 1. The maximum Gasteiger partial charge on any atom is 0.416 e. The summed E-state index contributed by atoms with van der Waals surface area (Å²) in [7, 11) is -2.07. The van der Waals surface area contributed by atoms with Crippen molar-refractivity contribution in [2.75, 3.05) is 26.0 Å². The van der Waals surface area contributed by atoms with Gasteiger partial charge in [0.15, 0.2) is 0 Å². The highest BCUT2D eigenvalue weighted by Gasteiger charge is 2.34. The molecule has 0 atom stereocenters. The minimum atomic E-state index is -4.76. The number of carbonyl (C=O) groups excluding carboxylic acids is 1. The molecule has 2 aromatic carbocycles. The first-order valence-electron chi connectivity index (χ1n) is 7.82. The summed E-state index contributed by atoms with van der Waals surface area (Å²) in [5.41, 5.74) is -0.977. The number of hydrogen-bond acceptors (Lipinski definition) is 4. The standard InChI is InChI=1S/C17H15Cl2F3N2O4S/c1-24(9-16(25)23-13-8-11(18)4-6-14(13)28-2)29(26,27)15-7-10(17(20,21)22)3-5-12(15)19/h3-8H,9H2,1-2H3,(H,23,25). The van der Waals surface area contributed by atoms with Gasteiger partial charge in [0.05, 0.1) is 29.9 Å². The van der Waals surface area contributed by atoms with Crippen LogP contribution in [0.1, 0.15) is 5.56 Å². The molecule has 0 fully saturated rings. The average Bonchev–Trinajstić information content (AvgIpc) is 2.60. The van der Waals surface area contributed by atoms with E-state index < -0.39 is 44.1 Å². The molecule has 6 nitrogen and oxygen atoms in total. The fourth-order valence-electron chi connectivity index (χ4n) is 2.30. The highest BCUT2D eigenvalue weighted by Crippen LogP contribution is 2.34. The Kier molecular flexibility index (Phi) is 7.05. The number of hydrogen-bond donors (Lipinski definition) is 1. The largest absolute Gasteiger partial charge is 0.495 e. The monoisotopic (exact) mass is 470 g/mol. The SMILES string of the molecule is COc1ccc(Cl)cc1NC(=O)CN(C)S(=O)(=O)c1cc(C(F)(F)F)ccc1Cl. The van der Waals surface area contributed by atoms with Gasteiger partial charge < -0.3 is 10.1 Å². The van der Waals surface area contributed by atoms with Crippen LogP contribution in [0.5, 0.6) is 5.75 Å². The summed E-state index contributed by atoms with van der Waals surface area (Å²) >= 11 is 11.7. The third kappa shape index (κ3) is 5.53. The smallest absolute Gasteiger partial charge is 0.416 e. The normalized spacial score (nSPS) is 12.1. The number of rotatable bonds is 6. The van der Waals surface area contributed by atoms with Crippen molar-refractivity contribution in [3.63, 3.8) is 0 Å². The maximum absolute atomic E-state index is 12.9. The van der Waals surface area contributed by atoms with E-state index in [1.54, 1.807) is 0 Å². The Morgan fingerprint density at radius 3 is 2.41 bits per heavy atom. The van der Waals surface area contributed by atoms with E-state index in [0.717, 1.165) is 13.1 Å². The summed E-state index contributed by atoms with van der Waals surface area (Å²) in [5, 5.41) is 2.34. The molecule has 0 radical (unpaired) electrons. The molecule has 29 heavy (non-hydrogen) atoms. The number of alkyl halides is 3. The predicted molar refractivity (Wildman–Crippen MR) is 103 cm³/mol. The lowest BCUT2D eigenvalue weighted by molar-refractivity contribution is -0.137. The minimum Gasteiger partial charge on any atom is -0.495 e. The Hall–Kier alpha value is -2.01. The number of benzene rings is 2. The highest BCUT2D eigenvalue weighted by atomic mass is 35.5. The lowest BCUT2D eigenvalue weighted by Crippen LogP contribution is -2.35. The predicted octanol–water partition coefficient (Wildman–Crippen LogP) is 4.28. The van der Waals surface area contributed by atoms with Crippen molar-refractivity contribution in [1.82, 2.24) is 4.31 Å². The Morgan fingerprint density at radius 1 is 1.17 bits per heavy atom. The van der Waals surface area contributed by atoms with Gasteiger partial charge in [-0.05, 0) is 36.4 Å². The zero-order valence-corrected chi connectivity index (χ0v) is 17.4. The van der Waals surface area contributed by atoms with Gasteiger partial charge in [-0.25, -0.2) is 8.42 Å². The van der Waals surface area contributed by atoms with Crippen LogP contribution in [0.4, 0.5) is 18.9 Å². The molecule has 0 aliphatic heterocycles. The van der Waals surface area contributed by atoms with Crippen LogP contribution in [0.3, 0.4) is 0 Å². The molecule has 0 aliphatic carbocycles. The van der Waals surface area contributed by atoms with Crippen LogP contribution in [0.2, 0.25) is 10.0 Å². The first kappa shape index (κ1) is 23.3. The molecular weight excluding hydrogens is 456 g/mol. The van der Waals surface area contributed by atoms with E-state index in [4.69, 9.17) is 27.9 Å². The second kappa shape index (κ2) is 8.78. The van der Waals surface area contributed by atoms with Crippen molar-refractivity contribution >= 4 is 44.8 Å². The van der Waals surface area contributed by atoms with Crippen LogP contribution in [0, 0.1) is 0 Å². The van der Waals surface area contributed by atoms with Crippen LogP contribution < -0.4 is 10.1 Å². The van der Waals surface area contributed by atoms with Gasteiger partial charge in [-0.15, -0.1) is 0 Å². The van der Waals surface area contributed by atoms with Crippen LogP contribution >= 0.6 is 23.2 Å². The number of sulfonamides is 1. The zero-order valence-electron chi connectivity index (χ0n) is 15.0. The number of carbonyl (C=O) groups is 1. The molecule has 1 N–H and O–H groups in total. The van der Waals surface area contributed by atoms with E-state index in [-0.39, 0.29) is 11.4 Å². The van der Waals surface area contributed by atoms with E-state index >= 15 is 0 Å². The lowest BCUT2D eigenvalue weighted by Gasteiger charge is -2.19. The van der Waals surface area contributed by atoms with Crippen LogP contribution in [-0.2, 0) is 21.0 Å². The molecule has 0 aliphatic rings. The van der Waals surface area contributed by atoms with E-state index in [0.29, 0.717) is 21.5 Å². The molecule has 0 heterocycles. The number of likely N-dealkylation sites (N-methyl/N-ethyl adjacent to an activating group) is 1. The summed E-state index contributed by atoms with van der Waals surface area (Å²) in [6.45, 7) is -0.690. The van der Waals surface area contributed by atoms with Crippen molar-refractivity contribution in [3.05, 3.63) is 52.0 Å². The number of ether oxygens (including phenoxy) is 1. The van der Waals surface area contributed by atoms with Gasteiger partial charge in [0, 0.05) is 12.1 Å². The number of halogens is 5. The lowest BCUT2D eigenvalue weighted by atomic mass is 10.2. The molecular formula is C17H15Cl2F3N2O4S. The van der Waals surface area contributed by atoms with Crippen LogP contribution in [0.25, 0.3) is 0 Å². The van der Waals surface area contributed by atoms with E-state index in [9.17, 15) is 26.4 Å². The topological polar surface area (TPSA) is 75.7 Å².